The second-order valence-corrected chi connectivity index (χ2v) is 6.25. The van der Waals surface area contributed by atoms with Gasteiger partial charge < -0.3 is 15.4 Å². The van der Waals surface area contributed by atoms with Gasteiger partial charge in [-0.25, -0.2) is 9.18 Å². The molecular weight excluding hydrogens is 327 g/mol. The summed E-state index contributed by atoms with van der Waals surface area (Å²) >= 11 is 3.20. The van der Waals surface area contributed by atoms with Crippen molar-refractivity contribution in [2.24, 2.45) is 0 Å². The number of rotatable bonds is 5. The summed E-state index contributed by atoms with van der Waals surface area (Å²) in [6.45, 7) is 6.47. The molecule has 0 fully saturated rings. The lowest BCUT2D eigenvalue weighted by molar-refractivity contribution is 0.0528. The Balaban J connectivity index is 2.21. The molecule has 0 aromatic heterocycles. The molecule has 1 rings (SSSR count). The Labute approximate surface area is 127 Å². The molecule has 0 aliphatic rings. The monoisotopic (exact) mass is 346 g/mol. The maximum Gasteiger partial charge on any atom is 0.407 e. The summed E-state index contributed by atoms with van der Waals surface area (Å²) in [6.07, 6.45) is 0.238. The van der Waals surface area contributed by atoms with Gasteiger partial charge >= 0.3 is 6.09 Å². The Morgan fingerprint density at radius 1 is 1.35 bits per heavy atom. The molecule has 0 atom stereocenters. The summed E-state index contributed by atoms with van der Waals surface area (Å²) in [5.41, 5.74) is -0.0476. The summed E-state index contributed by atoms with van der Waals surface area (Å²) < 4.78 is 19.3. The van der Waals surface area contributed by atoms with Crippen molar-refractivity contribution < 1.29 is 13.9 Å². The van der Waals surface area contributed by atoms with Crippen LogP contribution in [0.15, 0.2) is 22.7 Å². The van der Waals surface area contributed by atoms with E-state index in [0.717, 1.165) is 0 Å². The minimum absolute atomic E-state index is 0.306. The highest BCUT2D eigenvalue weighted by atomic mass is 79.9. The van der Waals surface area contributed by atoms with E-state index in [-0.39, 0.29) is 5.82 Å². The van der Waals surface area contributed by atoms with E-state index in [0.29, 0.717) is 29.7 Å². The van der Waals surface area contributed by atoms with Gasteiger partial charge in [-0.3, -0.25) is 0 Å². The molecular formula is C14H20BrFN2O2. The summed E-state index contributed by atoms with van der Waals surface area (Å²) in [5, 5.41) is 5.62. The minimum atomic E-state index is -0.497. The van der Waals surface area contributed by atoms with Gasteiger partial charge in [0, 0.05) is 17.6 Å². The van der Waals surface area contributed by atoms with Crippen LogP contribution < -0.4 is 10.6 Å². The van der Waals surface area contributed by atoms with Crippen LogP contribution in [0, 0.1) is 5.82 Å². The Bertz CT molecular complexity index is 461. The van der Waals surface area contributed by atoms with E-state index in [1.54, 1.807) is 12.1 Å². The third-order valence-electron chi connectivity index (χ3n) is 2.27. The SMILES string of the molecule is CC(C)(C)OC(=O)NCCCNc1ccc(Br)cc1F. The molecule has 1 amide bonds. The average Bonchev–Trinajstić information content (AvgIpc) is 2.28. The molecule has 0 bridgehead atoms. The fourth-order valence-electron chi connectivity index (χ4n) is 1.45. The van der Waals surface area contributed by atoms with Crippen molar-refractivity contribution in [2.45, 2.75) is 32.8 Å². The summed E-state index contributed by atoms with van der Waals surface area (Å²) in [7, 11) is 0. The lowest BCUT2D eigenvalue weighted by Crippen LogP contribution is -2.33. The van der Waals surface area contributed by atoms with Crippen molar-refractivity contribution in [2.75, 3.05) is 18.4 Å². The van der Waals surface area contributed by atoms with Gasteiger partial charge in [0.15, 0.2) is 0 Å². The first-order chi connectivity index (χ1) is 9.28. The molecule has 2 N–H and O–H groups in total. The zero-order chi connectivity index (χ0) is 15.2. The van der Waals surface area contributed by atoms with Gasteiger partial charge in [-0.15, -0.1) is 0 Å². The molecule has 0 aliphatic heterocycles. The van der Waals surface area contributed by atoms with Crippen LogP contribution in [0.1, 0.15) is 27.2 Å². The number of ether oxygens (including phenoxy) is 1. The van der Waals surface area contributed by atoms with E-state index < -0.39 is 11.7 Å². The van der Waals surface area contributed by atoms with E-state index in [4.69, 9.17) is 4.74 Å². The summed E-state index contributed by atoms with van der Waals surface area (Å²) in [5.74, 6) is -0.306. The predicted octanol–water partition coefficient (Wildman–Crippen LogP) is 3.91. The molecule has 4 nitrogen and oxygen atoms in total. The summed E-state index contributed by atoms with van der Waals surface area (Å²) in [6, 6.07) is 4.84. The van der Waals surface area contributed by atoms with Crippen LogP contribution in [0.5, 0.6) is 0 Å². The van der Waals surface area contributed by atoms with Gasteiger partial charge in [-0.1, -0.05) is 15.9 Å². The molecule has 0 saturated heterocycles. The number of amides is 1. The Hall–Kier alpha value is -1.30. The number of hydrogen-bond acceptors (Lipinski definition) is 3. The van der Waals surface area contributed by atoms with Crippen molar-refractivity contribution in [3.63, 3.8) is 0 Å². The number of alkyl carbamates (subject to hydrolysis) is 1. The molecule has 0 saturated carbocycles. The summed E-state index contributed by atoms with van der Waals surface area (Å²) in [4.78, 5) is 11.4. The standard InChI is InChI=1S/C14H20BrFN2O2/c1-14(2,3)20-13(19)18-8-4-7-17-12-6-5-10(15)9-11(12)16/h5-6,9,17H,4,7-8H2,1-3H3,(H,18,19). The van der Waals surface area contributed by atoms with Crippen LogP contribution in [0.3, 0.4) is 0 Å². The molecule has 1 aromatic rings. The minimum Gasteiger partial charge on any atom is -0.444 e. The average molecular weight is 347 g/mol. The fourth-order valence-corrected chi connectivity index (χ4v) is 1.78. The highest BCUT2D eigenvalue weighted by molar-refractivity contribution is 9.10. The van der Waals surface area contributed by atoms with Crippen molar-refractivity contribution in [1.82, 2.24) is 5.32 Å². The number of carbonyl (C=O) groups excluding carboxylic acids is 1. The quantitative estimate of drug-likeness (QED) is 0.794. The Morgan fingerprint density at radius 3 is 2.65 bits per heavy atom. The fraction of sp³-hybridized carbons (Fsp3) is 0.500. The molecule has 0 aliphatic carbocycles. The third-order valence-corrected chi connectivity index (χ3v) is 2.76. The topological polar surface area (TPSA) is 50.4 Å². The number of carbonyl (C=O) groups is 1. The molecule has 0 spiro atoms. The van der Waals surface area contributed by atoms with Crippen molar-refractivity contribution in [1.29, 1.82) is 0 Å². The highest BCUT2D eigenvalue weighted by Crippen LogP contribution is 2.19. The third kappa shape index (κ3) is 6.75. The van der Waals surface area contributed by atoms with E-state index in [1.807, 2.05) is 20.8 Å². The van der Waals surface area contributed by atoms with E-state index >= 15 is 0 Å². The van der Waals surface area contributed by atoms with Gasteiger partial charge in [0.25, 0.3) is 0 Å². The first-order valence-electron chi connectivity index (χ1n) is 6.44. The van der Waals surface area contributed by atoms with Crippen LogP contribution in [0.2, 0.25) is 0 Å². The zero-order valence-corrected chi connectivity index (χ0v) is 13.5. The molecule has 112 valence electrons. The van der Waals surface area contributed by atoms with Crippen LogP contribution in [-0.4, -0.2) is 24.8 Å². The maximum absolute atomic E-state index is 13.5. The molecule has 20 heavy (non-hydrogen) atoms. The maximum atomic E-state index is 13.5. The van der Waals surface area contributed by atoms with E-state index in [1.165, 1.54) is 6.07 Å². The predicted molar refractivity (Wildman–Crippen MR) is 81.4 cm³/mol. The van der Waals surface area contributed by atoms with Gasteiger partial charge in [0.05, 0.1) is 5.69 Å². The molecule has 0 radical (unpaired) electrons. The molecule has 0 unspecified atom stereocenters. The number of hydrogen-bond donors (Lipinski definition) is 2. The normalized spacial score (nSPS) is 11.1. The molecule has 6 heteroatoms. The number of anilines is 1. The van der Waals surface area contributed by atoms with Gasteiger partial charge in [-0.05, 0) is 45.4 Å². The molecule has 0 heterocycles. The van der Waals surface area contributed by atoms with Crippen LogP contribution in [-0.2, 0) is 4.74 Å². The second kappa shape index (κ2) is 7.47. The van der Waals surface area contributed by atoms with E-state index in [2.05, 4.69) is 26.6 Å². The highest BCUT2D eigenvalue weighted by Gasteiger charge is 2.15. The number of nitrogens with one attached hydrogen (secondary N) is 2. The van der Waals surface area contributed by atoms with Crippen molar-refractivity contribution in [3.05, 3.63) is 28.5 Å². The first kappa shape index (κ1) is 16.8. The molecule has 1 aromatic carbocycles. The van der Waals surface area contributed by atoms with Gasteiger partial charge in [0.2, 0.25) is 0 Å². The first-order valence-corrected chi connectivity index (χ1v) is 7.23. The van der Waals surface area contributed by atoms with E-state index in [9.17, 15) is 9.18 Å². The second-order valence-electron chi connectivity index (χ2n) is 5.33. The van der Waals surface area contributed by atoms with Gasteiger partial charge in [-0.2, -0.15) is 0 Å². The lowest BCUT2D eigenvalue weighted by atomic mass is 10.2. The number of halogens is 2. The van der Waals surface area contributed by atoms with Gasteiger partial charge in [0.1, 0.15) is 11.4 Å². The van der Waals surface area contributed by atoms with Crippen molar-refractivity contribution in [3.8, 4) is 0 Å². The van der Waals surface area contributed by atoms with Crippen LogP contribution in [0.25, 0.3) is 0 Å². The lowest BCUT2D eigenvalue weighted by Gasteiger charge is -2.19. The van der Waals surface area contributed by atoms with Crippen LogP contribution in [0.4, 0.5) is 14.9 Å². The van der Waals surface area contributed by atoms with Crippen molar-refractivity contribution >= 4 is 27.7 Å². The van der Waals surface area contributed by atoms with Crippen LogP contribution >= 0.6 is 15.9 Å². The smallest absolute Gasteiger partial charge is 0.407 e. The largest absolute Gasteiger partial charge is 0.444 e. The zero-order valence-electron chi connectivity index (χ0n) is 11.9. The number of benzene rings is 1. The Morgan fingerprint density at radius 2 is 2.05 bits per heavy atom. The Kier molecular flexibility index (Phi) is 6.26.